The first-order valence-electron chi connectivity index (χ1n) is 4.38. The van der Waals surface area contributed by atoms with Crippen LogP contribution in [0.4, 0.5) is 4.79 Å². The van der Waals surface area contributed by atoms with Gasteiger partial charge in [-0.2, -0.15) is 0 Å². The molecule has 0 radical (unpaired) electrons. The Bertz CT molecular complexity index is 313. The topological polar surface area (TPSA) is 64.3 Å². The van der Waals surface area contributed by atoms with Crippen LogP contribution in [-0.2, 0) is 17.9 Å². The van der Waals surface area contributed by atoms with Gasteiger partial charge in [-0.3, -0.25) is 0 Å². The molecule has 0 heterocycles. The summed E-state index contributed by atoms with van der Waals surface area (Å²) in [4.78, 5) is 10.8. The summed E-state index contributed by atoms with van der Waals surface area (Å²) < 4.78 is 4.89. The predicted molar refractivity (Wildman–Crippen MR) is 53.6 cm³/mol. The lowest BCUT2D eigenvalue weighted by Crippen LogP contribution is -2.18. The number of hydrogen-bond acceptors (Lipinski definition) is 3. The van der Waals surface area contributed by atoms with Crippen molar-refractivity contribution in [1.82, 2.24) is 5.32 Å². The number of amides is 1. The monoisotopic (exact) mass is 194 g/mol. The number of carbonyl (C=O) groups is 1. The highest BCUT2D eigenvalue weighted by molar-refractivity contribution is 5.66. The highest BCUT2D eigenvalue weighted by Crippen LogP contribution is 2.05. The first kappa shape index (κ1) is 10.5. The van der Waals surface area contributed by atoms with Gasteiger partial charge in [0.1, 0.15) is 6.61 Å². The van der Waals surface area contributed by atoms with Gasteiger partial charge in [-0.05, 0) is 11.1 Å². The van der Waals surface area contributed by atoms with Crippen LogP contribution in [0.25, 0.3) is 0 Å². The Balaban J connectivity index is 2.54. The fraction of sp³-hybridized carbons (Fsp3) is 0.300. The summed E-state index contributed by atoms with van der Waals surface area (Å²) in [5.74, 6) is 0. The smallest absolute Gasteiger partial charge is 0.407 e. The Morgan fingerprint density at radius 1 is 1.50 bits per heavy atom. The molecule has 1 aromatic rings. The molecule has 76 valence electrons. The van der Waals surface area contributed by atoms with E-state index in [1.807, 2.05) is 24.3 Å². The second kappa shape index (κ2) is 5.24. The summed E-state index contributed by atoms with van der Waals surface area (Å²) in [6.45, 7) is 0.765. The van der Waals surface area contributed by atoms with Crippen LogP contribution >= 0.6 is 0 Å². The maximum atomic E-state index is 10.8. The van der Waals surface area contributed by atoms with Gasteiger partial charge in [0.2, 0.25) is 0 Å². The number of benzene rings is 1. The number of hydrogen-bond donors (Lipinski definition) is 2. The molecule has 0 saturated heterocycles. The van der Waals surface area contributed by atoms with Crippen LogP contribution in [0.2, 0.25) is 0 Å². The zero-order valence-electron chi connectivity index (χ0n) is 8.12. The largest absolute Gasteiger partial charge is 0.445 e. The van der Waals surface area contributed by atoms with E-state index in [9.17, 15) is 4.79 Å². The van der Waals surface area contributed by atoms with E-state index in [0.29, 0.717) is 6.54 Å². The third-order valence-corrected chi connectivity index (χ3v) is 1.80. The van der Waals surface area contributed by atoms with E-state index < -0.39 is 6.09 Å². The van der Waals surface area contributed by atoms with Crippen molar-refractivity contribution in [3.63, 3.8) is 0 Å². The molecule has 0 atom stereocenters. The lowest BCUT2D eigenvalue weighted by molar-refractivity contribution is 0.142. The van der Waals surface area contributed by atoms with E-state index in [0.717, 1.165) is 11.1 Å². The van der Waals surface area contributed by atoms with Crippen LogP contribution in [0.3, 0.4) is 0 Å². The lowest BCUT2D eigenvalue weighted by Gasteiger charge is -2.05. The number of ether oxygens (including phenoxy) is 1. The van der Waals surface area contributed by atoms with E-state index in [-0.39, 0.29) is 6.61 Å². The van der Waals surface area contributed by atoms with Crippen molar-refractivity contribution in [3.8, 4) is 0 Å². The van der Waals surface area contributed by atoms with Crippen LogP contribution in [-0.4, -0.2) is 13.1 Å². The fourth-order valence-corrected chi connectivity index (χ4v) is 1.07. The van der Waals surface area contributed by atoms with Crippen molar-refractivity contribution in [2.75, 3.05) is 7.05 Å². The molecule has 0 aliphatic heterocycles. The normalized spacial score (nSPS) is 9.57. The minimum absolute atomic E-state index is 0.271. The van der Waals surface area contributed by atoms with Crippen LogP contribution in [0.5, 0.6) is 0 Å². The Morgan fingerprint density at radius 2 is 2.21 bits per heavy atom. The minimum atomic E-state index is -0.428. The number of nitrogens with two attached hydrogens (primary N) is 1. The lowest BCUT2D eigenvalue weighted by atomic mass is 10.1. The molecule has 14 heavy (non-hydrogen) atoms. The predicted octanol–water partition coefficient (Wildman–Crippen LogP) is 1.00. The van der Waals surface area contributed by atoms with E-state index in [2.05, 4.69) is 5.32 Å². The molecule has 1 amide bonds. The van der Waals surface area contributed by atoms with Gasteiger partial charge < -0.3 is 15.8 Å². The molecular formula is C10H14N2O2. The second-order valence-electron chi connectivity index (χ2n) is 2.85. The molecule has 0 spiro atoms. The molecule has 0 saturated carbocycles. The standard InChI is InChI=1S/C10H14N2O2/c1-12-10(13)14-7-9-4-2-3-8(5-9)6-11/h2-5H,6-7,11H2,1H3,(H,12,13). The number of alkyl carbamates (subject to hydrolysis) is 1. The first-order chi connectivity index (χ1) is 6.76. The molecule has 0 aliphatic rings. The third-order valence-electron chi connectivity index (χ3n) is 1.80. The summed E-state index contributed by atoms with van der Waals surface area (Å²) in [5, 5.41) is 2.38. The van der Waals surface area contributed by atoms with Crippen LogP contribution in [0.1, 0.15) is 11.1 Å². The van der Waals surface area contributed by atoms with Crippen LogP contribution in [0.15, 0.2) is 24.3 Å². The third kappa shape index (κ3) is 3.06. The summed E-state index contributed by atoms with van der Waals surface area (Å²) in [5.41, 5.74) is 7.45. The summed E-state index contributed by atoms with van der Waals surface area (Å²) in [6.07, 6.45) is -0.428. The van der Waals surface area contributed by atoms with Gasteiger partial charge in [-0.1, -0.05) is 24.3 Å². The summed E-state index contributed by atoms with van der Waals surface area (Å²) in [7, 11) is 1.53. The van der Waals surface area contributed by atoms with Gasteiger partial charge in [-0.15, -0.1) is 0 Å². The van der Waals surface area contributed by atoms with E-state index in [1.165, 1.54) is 7.05 Å². The SMILES string of the molecule is CNC(=O)OCc1cccc(CN)c1. The van der Waals surface area contributed by atoms with Gasteiger partial charge in [-0.25, -0.2) is 4.79 Å². The van der Waals surface area contributed by atoms with Crippen LogP contribution in [0, 0.1) is 0 Å². The molecule has 3 N–H and O–H groups in total. The van der Waals surface area contributed by atoms with Gasteiger partial charge in [0.25, 0.3) is 0 Å². The Morgan fingerprint density at radius 3 is 2.86 bits per heavy atom. The molecular weight excluding hydrogens is 180 g/mol. The van der Waals surface area contributed by atoms with E-state index in [4.69, 9.17) is 10.5 Å². The molecule has 4 nitrogen and oxygen atoms in total. The number of carbonyl (C=O) groups excluding carboxylic acids is 1. The highest BCUT2D eigenvalue weighted by atomic mass is 16.5. The van der Waals surface area contributed by atoms with Gasteiger partial charge in [0, 0.05) is 13.6 Å². The summed E-state index contributed by atoms with van der Waals surface area (Å²) in [6, 6.07) is 7.64. The van der Waals surface area contributed by atoms with E-state index >= 15 is 0 Å². The van der Waals surface area contributed by atoms with Crippen molar-refractivity contribution in [3.05, 3.63) is 35.4 Å². The minimum Gasteiger partial charge on any atom is -0.445 e. The maximum Gasteiger partial charge on any atom is 0.407 e. The van der Waals surface area contributed by atoms with Gasteiger partial charge in [0.15, 0.2) is 0 Å². The fourth-order valence-electron chi connectivity index (χ4n) is 1.07. The second-order valence-corrected chi connectivity index (χ2v) is 2.85. The average Bonchev–Trinajstić information content (AvgIpc) is 2.26. The molecule has 0 fully saturated rings. The zero-order chi connectivity index (χ0) is 10.4. The Labute approximate surface area is 83.1 Å². The molecule has 0 unspecified atom stereocenters. The van der Waals surface area contributed by atoms with Crippen molar-refractivity contribution in [1.29, 1.82) is 0 Å². The first-order valence-corrected chi connectivity index (χ1v) is 4.38. The van der Waals surface area contributed by atoms with Gasteiger partial charge >= 0.3 is 6.09 Å². The van der Waals surface area contributed by atoms with Crippen molar-refractivity contribution in [2.45, 2.75) is 13.2 Å². The molecule has 1 rings (SSSR count). The molecule has 0 aliphatic carbocycles. The molecule has 1 aromatic carbocycles. The van der Waals surface area contributed by atoms with Crippen LogP contribution < -0.4 is 11.1 Å². The zero-order valence-corrected chi connectivity index (χ0v) is 8.12. The molecule has 4 heteroatoms. The Kier molecular flexibility index (Phi) is 3.94. The average molecular weight is 194 g/mol. The molecule has 0 aromatic heterocycles. The molecule has 0 bridgehead atoms. The Hall–Kier alpha value is -1.55. The maximum absolute atomic E-state index is 10.8. The summed E-state index contributed by atoms with van der Waals surface area (Å²) >= 11 is 0. The van der Waals surface area contributed by atoms with Crippen molar-refractivity contribution < 1.29 is 9.53 Å². The highest BCUT2D eigenvalue weighted by Gasteiger charge is 1.99. The number of rotatable bonds is 3. The van der Waals surface area contributed by atoms with Crippen molar-refractivity contribution >= 4 is 6.09 Å². The number of nitrogens with one attached hydrogen (secondary N) is 1. The van der Waals surface area contributed by atoms with E-state index in [1.54, 1.807) is 0 Å². The quantitative estimate of drug-likeness (QED) is 0.754. The van der Waals surface area contributed by atoms with Crippen molar-refractivity contribution in [2.24, 2.45) is 5.73 Å². The van der Waals surface area contributed by atoms with Gasteiger partial charge in [0.05, 0.1) is 0 Å².